The van der Waals surface area contributed by atoms with Crippen LogP contribution in [0.1, 0.15) is 13.8 Å². The van der Waals surface area contributed by atoms with Gasteiger partial charge in [-0.2, -0.15) is 0 Å². The number of nitrogens with one attached hydrogen (secondary N) is 1. The molecule has 1 fully saturated rings. The van der Waals surface area contributed by atoms with Crippen molar-refractivity contribution in [1.29, 1.82) is 0 Å². The average molecular weight is 406 g/mol. The molecule has 1 unspecified atom stereocenters. The summed E-state index contributed by atoms with van der Waals surface area (Å²) in [6.45, 7) is 3.56. The number of aliphatic hydroxyl groups is 2. The van der Waals surface area contributed by atoms with E-state index >= 15 is 0 Å². The summed E-state index contributed by atoms with van der Waals surface area (Å²) in [5.74, 6) is 0.349. The maximum atomic E-state index is 11.4. The second kappa shape index (κ2) is 9.31. The van der Waals surface area contributed by atoms with E-state index < -0.39 is 30.6 Å². The van der Waals surface area contributed by atoms with Crippen LogP contribution in [-0.2, 0) is 20.8 Å². The number of carbonyl (C=O) groups excluding carboxylic acids is 1. The molecule has 5 atom stereocenters. The van der Waals surface area contributed by atoms with Gasteiger partial charge in [-0.05, 0) is 19.1 Å². The number of nitrogens with zero attached hydrogens (tertiary/aromatic N) is 3. The molecule has 2 aromatic rings. The maximum Gasteiger partial charge on any atom is 0.217 e. The molecule has 10 nitrogen and oxygen atoms in total. The molecule has 1 aromatic heterocycles. The summed E-state index contributed by atoms with van der Waals surface area (Å²) in [5, 5.41) is 31.8. The number of hydrogen-bond acceptors (Lipinski definition) is 8. The van der Waals surface area contributed by atoms with Crippen LogP contribution in [0.15, 0.2) is 30.5 Å². The van der Waals surface area contributed by atoms with Crippen molar-refractivity contribution in [2.24, 2.45) is 0 Å². The number of amides is 1. The normalized spacial score (nSPS) is 26.9. The summed E-state index contributed by atoms with van der Waals surface area (Å²) in [6, 6.07) is 6.54. The molecule has 3 rings (SSSR count). The lowest BCUT2D eigenvalue weighted by atomic mass is 9.96. The van der Waals surface area contributed by atoms with E-state index in [9.17, 15) is 15.0 Å². The highest BCUT2D eigenvalue weighted by Gasteiger charge is 2.45. The predicted molar refractivity (Wildman–Crippen MR) is 102 cm³/mol. The van der Waals surface area contributed by atoms with E-state index in [1.165, 1.54) is 11.6 Å². The van der Waals surface area contributed by atoms with Crippen molar-refractivity contribution < 1.29 is 29.2 Å². The lowest BCUT2D eigenvalue weighted by Gasteiger charge is -2.42. The number of hydrogen-bond donors (Lipinski definition) is 3. The summed E-state index contributed by atoms with van der Waals surface area (Å²) in [7, 11) is 1.59. The van der Waals surface area contributed by atoms with E-state index in [-0.39, 0.29) is 12.5 Å². The first-order valence-electron chi connectivity index (χ1n) is 9.37. The van der Waals surface area contributed by atoms with E-state index in [4.69, 9.17) is 14.2 Å². The molecular formula is C19H26N4O6. The zero-order valence-electron chi connectivity index (χ0n) is 16.6. The molecule has 3 N–H and O–H groups in total. The number of aromatic nitrogens is 3. The standard InChI is InChI=1S/C19H26N4O6/c1-4-28-19-16(20-11(2)24)18(26)17(25)15(29-19)10-23-9-14(21-22-23)12-6-5-7-13(8-12)27-3/h5-9,15-19,25-26H,4,10H2,1-3H3,(H,20,24)/t15-,16-,17+,18-,19?/m1/s1. The highest BCUT2D eigenvalue weighted by Crippen LogP contribution is 2.25. The Hall–Kier alpha value is -2.53. The van der Waals surface area contributed by atoms with Gasteiger partial charge in [-0.3, -0.25) is 4.79 Å². The van der Waals surface area contributed by atoms with E-state index in [2.05, 4.69) is 15.6 Å². The molecule has 0 bridgehead atoms. The first kappa shape index (κ1) is 21.2. The third kappa shape index (κ3) is 4.91. The van der Waals surface area contributed by atoms with E-state index in [1.807, 2.05) is 24.3 Å². The Morgan fingerprint density at radius 1 is 1.34 bits per heavy atom. The van der Waals surface area contributed by atoms with Crippen molar-refractivity contribution in [2.45, 2.75) is 51.0 Å². The van der Waals surface area contributed by atoms with Crippen LogP contribution >= 0.6 is 0 Å². The van der Waals surface area contributed by atoms with Gasteiger partial charge in [-0.25, -0.2) is 4.68 Å². The Morgan fingerprint density at radius 2 is 2.14 bits per heavy atom. The number of carbonyl (C=O) groups is 1. The minimum Gasteiger partial charge on any atom is -0.497 e. The summed E-state index contributed by atoms with van der Waals surface area (Å²) in [4.78, 5) is 11.4. The highest BCUT2D eigenvalue weighted by atomic mass is 16.7. The van der Waals surface area contributed by atoms with Gasteiger partial charge in [0.2, 0.25) is 5.91 Å². The van der Waals surface area contributed by atoms with Crippen LogP contribution in [-0.4, -0.2) is 75.5 Å². The van der Waals surface area contributed by atoms with Crippen molar-refractivity contribution >= 4 is 5.91 Å². The third-order valence-corrected chi connectivity index (χ3v) is 4.67. The fraction of sp³-hybridized carbons (Fsp3) is 0.526. The van der Waals surface area contributed by atoms with Crippen LogP contribution in [0, 0.1) is 0 Å². The van der Waals surface area contributed by atoms with Gasteiger partial charge in [-0.1, -0.05) is 17.3 Å². The molecule has 158 valence electrons. The van der Waals surface area contributed by atoms with Crippen molar-refractivity contribution in [2.75, 3.05) is 13.7 Å². The Kier molecular flexibility index (Phi) is 6.80. The molecule has 0 aliphatic carbocycles. The van der Waals surface area contributed by atoms with Crippen molar-refractivity contribution in [1.82, 2.24) is 20.3 Å². The van der Waals surface area contributed by atoms with Crippen LogP contribution in [0.5, 0.6) is 5.75 Å². The number of methoxy groups -OCH3 is 1. The highest BCUT2D eigenvalue weighted by molar-refractivity contribution is 5.73. The third-order valence-electron chi connectivity index (χ3n) is 4.67. The van der Waals surface area contributed by atoms with Crippen molar-refractivity contribution in [3.63, 3.8) is 0 Å². The first-order valence-corrected chi connectivity index (χ1v) is 9.37. The lowest BCUT2D eigenvalue weighted by molar-refractivity contribution is -0.266. The zero-order chi connectivity index (χ0) is 21.0. The Labute approximate surface area is 168 Å². The first-order chi connectivity index (χ1) is 13.9. The van der Waals surface area contributed by atoms with E-state index in [1.54, 1.807) is 20.2 Å². The van der Waals surface area contributed by atoms with Gasteiger partial charge in [0, 0.05) is 19.1 Å². The summed E-state index contributed by atoms with van der Waals surface area (Å²) in [6.07, 6.45) is -2.48. The fourth-order valence-corrected chi connectivity index (χ4v) is 3.26. The van der Waals surface area contributed by atoms with Crippen LogP contribution in [0.2, 0.25) is 0 Å². The summed E-state index contributed by atoms with van der Waals surface area (Å²) >= 11 is 0. The molecule has 1 aliphatic rings. The molecular weight excluding hydrogens is 380 g/mol. The van der Waals surface area contributed by atoms with Crippen LogP contribution < -0.4 is 10.1 Å². The van der Waals surface area contributed by atoms with Gasteiger partial charge >= 0.3 is 0 Å². The topological polar surface area (TPSA) is 128 Å². The molecule has 1 amide bonds. The largest absolute Gasteiger partial charge is 0.497 e. The van der Waals surface area contributed by atoms with Crippen molar-refractivity contribution in [3.8, 4) is 17.0 Å². The molecule has 2 heterocycles. The molecule has 29 heavy (non-hydrogen) atoms. The van der Waals surface area contributed by atoms with Crippen LogP contribution in [0.4, 0.5) is 0 Å². The molecule has 0 saturated carbocycles. The monoisotopic (exact) mass is 406 g/mol. The summed E-state index contributed by atoms with van der Waals surface area (Å²) < 4.78 is 18.1. The molecule has 10 heteroatoms. The molecule has 0 radical (unpaired) electrons. The smallest absolute Gasteiger partial charge is 0.217 e. The van der Waals surface area contributed by atoms with Gasteiger partial charge in [-0.15, -0.1) is 5.10 Å². The van der Waals surface area contributed by atoms with Crippen LogP contribution in [0.25, 0.3) is 11.3 Å². The molecule has 1 saturated heterocycles. The average Bonchev–Trinajstić information content (AvgIpc) is 3.17. The number of rotatable bonds is 7. The summed E-state index contributed by atoms with van der Waals surface area (Å²) in [5.41, 5.74) is 1.46. The minimum absolute atomic E-state index is 0.144. The molecule has 0 spiro atoms. The maximum absolute atomic E-state index is 11.4. The zero-order valence-corrected chi connectivity index (χ0v) is 16.6. The lowest BCUT2D eigenvalue weighted by Crippen LogP contribution is -2.64. The SMILES string of the molecule is CCOC1O[C@H](Cn2cc(-c3cccc(OC)c3)nn2)[C@H](O)[C@H](O)[C@H]1NC(C)=O. The van der Waals surface area contributed by atoms with Crippen LogP contribution in [0.3, 0.4) is 0 Å². The number of benzene rings is 1. The Morgan fingerprint density at radius 3 is 2.83 bits per heavy atom. The second-order valence-corrected chi connectivity index (χ2v) is 6.76. The van der Waals surface area contributed by atoms with Gasteiger partial charge in [0.05, 0.1) is 19.9 Å². The van der Waals surface area contributed by atoms with Gasteiger partial charge in [0.15, 0.2) is 6.29 Å². The fourth-order valence-electron chi connectivity index (χ4n) is 3.26. The predicted octanol–water partition coefficient (Wildman–Crippen LogP) is -0.0584. The minimum atomic E-state index is -1.25. The Bertz CT molecular complexity index is 829. The van der Waals surface area contributed by atoms with Gasteiger partial charge in [0.25, 0.3) is 0 Å². The second-order valence-electron chi connectivity index (χ2n) is 6.76. The van der Waals surface area contributed by atoms with E-state index in [0.717, 1.165) is 5.56 Å². The quantitative estimate of drug-likeness (QED) is 0.584. The molecule has 1 aliphatic heterocycles. The number of ether oxygens (including phenoxy) is 3. The Balaban J connectivity index is 1.74. The van der Waals surface area contributed by atoms with E-state index in [0.29, 0.717) is 18.1 Å². The molecule has 1 aromatic carbocycles. The number of aliphatic hydroxyl groups excluding tert-OH is 2. The van der Waals surface area contributed by atoms with Gasteiger partial charge in [0.1, 0.15) is 35.8 Å². The van der Waals surface area contributed by atoms with Gasteiger partial charge < -0.3 is 29.7 Å². The van der Waals surface area contributed by atoms with Crippen molar-refractivity contribution in [3.05, 3.63) is 30.5 Å².